The lowest BCUT2D eigenvalue weighted by molar-refractivity contribution is -0.116. The van der Waals surface area contributed by atoms with E-state index in [1.807, 2.05) is 51.1 Å². The molecule has 0 heterocycles. The van der Waals surface area contributed by atoms with E-state index in [4.69, 9.17) is 5.73 Å². The highest BCUT2D eigenvalue weighted by atomic mass is 35.5. The summed E-state index contributed by atoms with van der Waals surface area (Å²) in [5, 5.41) is 5.77. The lowest BCUT2D eigenvalue weighted by Gasteiger charge is -2.11. The molecule has 0 saturated heterocycles. The van der Waals surface area contributed by atoms with Crippen LogP contribution in [0.4, 0.5) is 11.4 Å². The van der Waals surface area contributed by atoms with Gasteiger partial charge in [0.05, 0.1) is 0 Å². The third kappa shape index (κ3) is 6.41. The van der Waals surface area contributed by atoms with Crippen molar-refractivity contribution in [1.29, 1.82) is 0 Å². The Labute approximate surface area is 160 Å². The fraction of sp³-hybridized carbons (Fsp3) is 0.300. The predicted octanol–water partition coefficient (Wildman–Crippen LogP) is 3.91. The Balaban J connectivity index is 0.00000338. The first-order valence-corrected chi connectivity index (χ1v) is 8.38. The molecule has 0 unspecified atom stereocenters. The molecule has 0 fully saturated rings. The molecule has 0 bridgehead atoms. The number of carbonyl (C=O) groups excluding carboxylic acids is 2. The summed E-state index contributed by atoms with van der Waals surface area (Å²) in [6.45, 7) is 6.26. The number of carbonyl (C=O) groups is 2. The van der Waals surface area contributed by atoms with Crippen LogP contribution >= 0.6 is 12.4 Å². The highest BCUT2D eigenvalue weighted by molar-refractivity contribution is 5.96. The normalized spacial score (nSPS) is 10.2. The second kappa shape index (κ2) is 9.82. The van der Waals surface area contributed by atoms with Crippen molar-refractivity contribution >= 4 is 35.6 Å². The summed E-state index contributed by atoms with van der Waals surface area (Å²) < 4.78 is 0. The van der Waals surface area contributed by atoms with Gasteiger partial charge < -0.3 is 16.4 Å². The van der Waals surface area contributed by atoms with E-state index in [1.165, 1.54) is 0 Å². The summed E-state index contributed by atoms with van der Waals surface area (Å²) in [6.07, 6.45) is 0.482. The SMILES string of the molecule is Cc1ccc(N)cc1C(=O)NCc1cccc(NC(=O)CC(C)C)c1.Cl. The van der Waals surface area contributed by atoms with Crippen molar-refractivity contribution < 1.29 is 9.59 Å². The first-order chi connectivity index (χ1) is 11.8. The summed E-state index contributed by atoms with van der Waals surface area (Å²) in [5.41, 5.74) is 9.41. The summed E-state index contributed by atoms with van der Waals surface area (Å²) in [6, 6.07) is 12.7. The van der Waals surface area contributed by atoms with Crippen LogP contribution in [0.15, 0.2) is 42.5 Å². The molecule has 26 heavy (non-hydrogen) atoms. The van der Waals surface area contributed by atoms with Gasteiger partial charge in [-0.2, -0.15) is 0 Å². The van der Waals surface area contributed by atoms with Crippen LogP contribution in [0.3, 0.4) is 0 Å². The van der Waals surface area contributed by atoms with Gasteiger partial charge in [-0.25, -0.2) is 0 Å². The Kier molecular flexibility index (Phi) is 8.13. The minimum Gasteiger partial charge on any atom is -0.399 e. The van der Waals surface area contributed by atoms with Crippen molar-refractivity contribution in [3.8, 4) is 0 Å². The number of amides is 2. The third-order valence-electron chi connectivity index (χ3n) is 3.76. The van der Waals surface area contributed by atoms with Crippen molar-refractivity contribution in [2.45, 2.75) is 33.7 Å². The first kappa shape index (κ1) is 21.5. The molecule has 0 saturated carbocycles. The molecule has 0 aromatic heterocycles. The Morgan fingerprint density at radius 3 is 2.54 bits per heavy atom. The molecular weight excluding hydrogens is 350 g/mol. The zero-order valence-electron chi connectivity index (χ0n) is 15.3. The smallest absolute Gasteiger partial charge is 0.251 e. The molecule has 0 aliphatic heterocycles. The van der Waals surface area contributed by atoms with Gasteiger partial charge in [0.1, 0.15) is 0 Å². The number of nitrogens with one attached hydrogen (secondary N) is 2. The molecule has 2 rings (SSSR count). The molecule has 0 spiro atoms. The van der Waals surface area contributed by atoms with Crippen LogP contribution in [0.1, 0.15) is 41.8 Å². The van der Waals surface area contributed by atoms with E-state index in [2.05, 4.69) is 10.6 Å². The molecule has 0 aliphatic carbocycles. The van der Waals surface area contributed by atoms with Gasteiger partial charge in [-0.05, 0) is 48.2 Å². The van der Waals surface area contributed by atoms with Gasteiger partial charge in [-0.15, -0.1) is 12.4 Å². The van der Waals surface area contributed by atoms with Crippen molar-refractivity contribution in [1.82, 2.24) is 5.32 Å². The van der Waals surface area contributed by atoms with Crippen molar-refractivity contribution in [2.24, 2.45) is 5.92 Å². The lowest BCUT2D eigenvalue weighted by Crippen LogP contribution is -2.24. The zero-order valence-corrected chi connectivity index (χ0v) is 16.2. The van der Waals surface area contributed by atoms with E-state index in [0.717, 1.165) is 16.8 Å². The number of nitrogen functional groups attached to an aromatic ring is 1. The van der Waals surface area contributed by atoms with Gasteiger partial charge in [0, 0.05) is 29.9 Å². The van der Waals surface area contributed by atoms with Gasteiger partial charge in [-0.1, -0.05) is 32.0 Å². The predicted molar refractivity (Wildman–Crippen MR) is 109 cm³/mol. The van der Waals surface area contributed by atoms with E-state index in [0.29, 0.717) is 30.1 Å². The number of nitrogens with two attached hydrogens (primary N) is 1. The molecule has 140 valence electrons. The highest BCUT2D eigenvalue weighted by Gasteiger charge is 2.10. The van der Waals surface area contributed by atoms with Crippen LogP contribution in [-0.4, -0.2) is 11.8 Å². The molecule has 0 atom stereocenters. The Morgan fingerprint density at radius 2 is 1.85 bits per heavy atom. The number of rotatable bonds is 6. The van der Waals surface area contributed by atoms with Crippen LogP contribution in [0, 0.1) is 12.8 Å². The summed E-state index contributed by atoms with van der Waals surface area (Å²) in [4.78, 5) is 24.2. The first-order valence-electron chi connectivity index (χ1n) is 8.38. The minimum atomic E-state index is -0.168. The Morgan fingerprint density at radius 1 is 1.12 bits per heavy atom. The van der Waals surface area contributed by atoms with Crippen molar-refractivity contribution in [3.05, 3.63) is 59.2 Å². The van der Waals surface area contributed by atoms with Gasteiger partial charge in [0.25, 0.3) is 5.91 Å². The topological polar surface area (TPSA) is 84.2 Å². The number of hydrogen-bond donors (Lipinski definition) is 3. The summed E-state index contributed by atoms with van der Waals surface area (Å²) in [7, 11) is 0. The molecule has 0 aliphatic rings. The van der Waals surface area contributed by atoms with Gasteiger partial charge >= 0.3 is 0 Å². The van der Waals surface area contributed by atoms with E-state index in [-0.39, 0.29) is 24.2 Å². The van der Waals surface area contributed by atoms with Crippen LogP contribution < -0.4 is 16.4 Å². The molecule has 2 aromatic rings. The van der Waals surface area contributed by atoms with E-state index < -0.39 is 0 Å². The summed E-state index contributed by atoms with van der Waals surface area (Å²) in [5.74, 6) is 0.134. The van der Waals surface area contributed by atoms with Crippen LogP contribution in [-0.2, 0) is 11.3 Å². The molecule has 6 heteroatoms. The molecule has 2 amide bonds. The fourth-order valence-electron chi connectivity index (χ4n) is 2.50. The largest absolute Gasteiger partial charge is 0.399 e. The maximum absolute atomic E-state index is 12.3. The van der Waals surface area contributed by atoms with Crippen LogP contribution in [0.5, 0.6) is 0 Å². The maximum atomic E-state index is 12.3. The quantitative estimate of drug-likeness (QED) is 0.669. The standard InChI is InChI=1S/C20H25N3O2.ClH/c1-13(2)9-19(24)23-17-6-4-5-15(10-17)12-22-20(25)18-11-16(21)8-7-14(18)3;/h4-8,10-11,13H,9,12,21H2,1-3H3,(H,22,25)(H,23,24);1H. The van der Waals surface area contributed by atoms with Gasteiger partial charge in [0.2, 0.25) is 5.91 Å². The minimum absolute atomic E-state index is 0. The van der Waals surface area contributed by atoms with Gasteiger partial charge in [0.15, 0.2) is 0 Å². The van der Waals surface area contributed by atoms with Gasteiger partial charge in [-0.3, -0.25) is 9.59 Å². The van der Waals surface area contributed by atoms with E-state index in [9.17, 15) is 9.59 Å². The molecular formula is C20H26ClN3O2. The number of aryl methyl sites for hydroxylation is 1. The second-order valence-electron chi connectivity index (χ2n) is 6.60. The maximum Gasteiger partial charge on any atom is 0.251 e. The Hall–Kier alpha value is -2.53. The van der Waals surface area contributed by atoms with E-state index in [1.54, 1.807) is 12.1 Å². The lowest BCUT2D eigenvalue weighted by atomic mass is 10.1. The van der Waals surface area contributed by atoms with Crippen molar-refractivity contribution in [2.75, 3.05) is 11.1 Å². The highest BCUT2D eigenvalue weighted by Crippen LogP contribution is 2.14. The number of halogens is 1. The zero-order chi connectivity index (χ0) is 18.4. The number of hydrogen-bond acceptors (Lipinski definition) is 3. The molecule has 2 aromatic carbocycles. The molecule has 4 N–H and O–H groups in total. The number of anilines is 2. The molecule has 5 nitrogen and oxygen atoms in total. The van der Waals surface area contributed by atoms with E-state index >= 15 is 0 Å². The fourth-order valence-corrected chi connectivity index (χ4v) is 2.50. The van der Waals surface area contributed by atoms with Crippen LogP contribution in [0.2, 0.25) is 0 Å². The second-order valence-corrected chi connectivity index (χ2v) is 6.60. The Bertz CT molecular complexity index is 775. The average molecular weight is 376 g/mol. The van der Waals surface area contributed by atoms with Crippen LogP contribution in [0.25, 0.3) is 0 Å². The van der Waals surface area contributed by atoms with Crippen molar-refractivity contribution in [3.63, 3.8) is 0 Å². The average Bonchev–Trinajstić information content (AvgIpc) is 2.54. The monoisotopic (exact) mass is 375 g/mol. The summed E-state index contributed by atoms with van der Waals surface area (Å²) >= 11 is 0. The number of benzene rings is 2. The third-order valence-corrected chi connectivity index (χ3v) is 3.76. The molecule has 0 radical (unpaired) electrons.